The minimum atomic E-state index is -3.62. The van der Waals surface area contributed by atoms with Gasteiger partial charge < -0.3 is 11.1 Å². The fraction of sp³-hybridized carbons (Fsp3) is 0.529. The van der Waals surface area contributed by atoms with E-state index in [4.69, 9.17) is 5.73 Å². The molecule has 0 aromatic heterocycles. The van der Waals surface area contributed by atoms with E-state index >= 15 is 0 Å². The van der Waals surface area contributed by atoms with Crippen LogP contribution in [0.3, 0.4) is 0 Å². The van der Waals surface area contributed by atoms with Crippen molar-refractivity contribution in [3.8, 4) is 0 Å². The van der Waals surface area contributed by atoms with Gasteiger partial charge in [0.15, 0.2) is 9.84 Å². The van der Waals surface area contributed by atoms with Crippen LogP contribution in [0.15, 0.2) is 24.3 Å². The third kappa shape index (κ3) is 7.29. The Hall–Kier alpha value is -1.67. The van der Waals surface area contributed by atoms with E-state index in [1.54, 1.807) is 0 Å². The number of halogens is 2. The molecule has 148 valence electrons. The first kappa shape index (κ1) is 24.3. The highest BCUT2D eigenvalue weighted by atomic mass is 35.5. The molecular formula is C17H26ClFN2O4S. The summed E-state index contributed by atoms with van der Waals surface area (Å²) in [5.41, 5.74) is 5.24. The van der Waals surface area contributed by atoms with Crippen LogP contribution in [0.25, 0.3) is 0 Å². The lowest BCUT2D eigenvalue weighted by Gasteiger charge is -2.21. The molecule has 0 bridgehead atoms. The van der Waals surface area contributed by atoms with Crippen molar-refractivity contribution in [2.75, 3.05) is 5.75 Å². The second-order valence-corrected chi connectivity index (χ2v) is 8.29. The van der Waals surface area contributed by atoms with Crippen LogP contribution < -0.4 is 11.1 Å². The number of hydrogen-bond acceptors (Lipinski definition) is 4. The summed E-state index contributed by atoms with van der Waals surface area (Å²) in [6.45, 7) is 3.77. The van der Waals surface area contributed by atoms with Crippen LogP contribution in [0.1, 0.15) is 49.9 Å². The van der Waals surface area contributed by atoms with E-state index < -0.39 is 44.5 Å². The number of rotatable bonds is 10. The number of hydrogen-bond donors (Lipinski definition) is 2. The highest BCUT2D eigenvalue weighted by Crippen LogP contribution is 2.17. The lowest BCUT2D eigenvalue weighted by atomic mass is 10.2. The summed E-state index contributed by atoms with van der Waals surface area (Å²) in [5, 5.41) is 1.72. The number of sulfone groups is 1. The van der Waals surface area contributed by atoms with E-state index in [0.29, 0.717) is 25.7 Å². The zero-order valence-corrected chi connectivity index (χ0v) is 16.5. The SMILES string of the molecule is CCCC(CCC)S(=O)(=O)C[C@@H](NC(=O)c1cccc(F)c1)C(N)=O.Cl. The predicted octanol–water partition coefficient (Wildman–Crippen LogP) is 2.21. The molecule has 6 nitrogen and oxygen atoms in total. The molecule has 0 spiro atoms. The maximum absolute atomic E-state index is 13.2. The van der Waals surface area contributed by atoms with Gasteiger partial charge in [0, 0.05) is 5.56 Å². The summed E-state index contributed by atoms with van der Waals surface area (Å²) in [7, 11) is -3.62. The number of benzene rings is 1. The first-order valence-corrected chi connectivity index (χ1v) is 10.00. The Morgan fingerprint density at radius 3 is 2.23 bits per heavy atom. The van der Waals surface area contributed by atoms with Crippen LogP contribution in [0, 0.1) is 5.82 Å². The summed E-state index contributed by atoms with van der Waals surface area (Å²) in [5.74, 6) is -2.86. The number of primary amides is 1. The average molecular weight is 409 g/mol. The second-order valence-electron chi connectivity index (χ2n) is 5.97. The molecule has 0 saturated heterocycles. The first-order chi connectivity index (χ1) is 11.7. The van der Waals surface area contributed by atoms with Gasteiger partial charge in [-0.1, -0.05) is 32.8 Å². The fourth-order valence-electron chi connectivity index (χ4n) is 2.58. The molecule has 0 fully saturated rings. The molecule has 0 aliphatic carbocycles. The number of carbonyl (C=O) groups excluding carboxylic acids is 2. The minimum Gasteiger partial charge on any atom is -0.368 e. The third-order valence-corrected chi connectivity index (χ3v) is 6.15. The number of amides is 2. The maximum Gasteiger partial charge on any atom is 0.252 e. The van der Waals surface area contributed by atoms with E-state index in [1.165, 1.54) is 18.2 Å². The molecular weight excluding hydrogens is 383 g/mol. The van der Waals surface area contributed by atoms with Crippen molar-refractivity contribution < 1.29 is 22.4 Å². The molecule has 1 aromatic carbocycles. The highest BCUT2D eigenvalue weighted by molar-refractivity contribution is 7.92. The van der Waals surface area contributed by atoms with Crippen LogP contribution in [0.4, 0.5) is 4.39 Å². The minimum absolute atomic E-state index is 0. The Kier molecular flexibility index (Phi) is 10.4. The Bertz CT molecular complexity index is 706. The summed E-state index contributed by atoms with van der Waals surface area (Å²) in [6, 6.07) is 3.52. The molecule has 26 heavy (non-hydrogen) atoms. The van der Waals surface area contributed by atoms with E-state index in [-0.39, 0.29) is 18.0 Å². The zero-order valence-electron chi connectivity index (χ0n) is 14.9. The zero-order chi connectivity index (χ0) is 19.0. The van der Waals surface area contributed by atoms with Crippen LogP contribution in [-0.4, -0.2) is 37.3 Å². The van der Waals surface area contributed by atoms with Crippen LogP contribution in [0.2, 0.25) is 0 Å². The van der Waals surface area contributed by atoms with Crippen LogP contribution in [-0.2, 0) is 14.6 Å². The molecule has 2 amide bonds. The van der Waals surface area contributed by atoms with Crippen molar-refractivity contribution in [2.24, 2.45) is 5.73 Å². The van der Waals surface area contributed by atoms with E-state index in [1.807, 2.05) is 13.8 Å². The number of nitrogens with one attached hydrogen (secondary N) is 1. The fourth-order valence-corrected chi connectivity index (χ4v) is 4.76. The lowest BCUT2D eigenvalue weighted by Crippen LogP contribution is -2.49. The molecule has 1 aromatic rings. The van der Waals surface area contributed by atoms with Crippen molar-refractivity contribution in [1.82, 2.24) is 5.32 Å². The second kappa shape index (κ2) is 11.1. The maximum atomic E-state index is 13.2. The van der Waals surface area contributed by atoms with Gasteiger partial charge in [-0.2, -0.15) is 0 Å². The van der Waals surface area contributed by atoms with E-state index in [2.05, 4.69) is 5.32 Å². The van der Waals surface area contributed by atoms with Gasteiger partial charge >= 0.3 is 0 Å². The molecule has 0 saturated carbocycles. The molecule has 0 radical (unpaired) electrons. The van der Waals surface area contributed by atoms with Gasteiger partial charge in [0.05, 0.1) is 11.0 Å². The Morgan fingerprint density at radius 2 is 1.77 bits per heavy atom. The Labute approximate surface area is 160 Å². The van der Waals surface area contributed by atoms with Crippen molar-refractivity contribution in [3.05, 3.63) is 35.6 Å². The topological polar surface area (TPSA) is 106 Å². The average Bonchev–Trinajstić information content (AvgIpc) is 2.53. The van der Waals surface area contributed by atoms with Crippen molar-refractivity contribution in [1.29, 1.82) is 0 Å². The summed E-state index contributed by atoms with van der Waals surface area (Å²) >= 11 is 0. The molecule has 9 heteroatoms. The number of carbonyl (C=O) groups is 2. The first-order valence-electron chi connectivity index (χ1n) is 8.28. The number of nitrogens with two attached hydrogens (primary N) is 1. The smallest absolute Gasteiger partial charge is 0.252 e. The van der Waals surface area contributed by atoms with Crippen LogP contribution >= 0.6 is 12.4 Å². The molecule has 0 heterocycles. The highest BCUT2D eigenvalue weighted by Gasteiger charge is 2.31. The van der Waals surface area contributed by atoms with Gasteiger partial charge in [0.2, 0.25) is 5.91 Å². The third-order valence-electron chi connectivity index (χ3n) is 3.86. The quantitative estimate of drug-likeness (QED) is 0.618. The monoisotopic (exact) mass is 408 g/mol. The summed E-state index contributed by atoms with van der Waals surface area (Å²) in [4.78, 5) is 23.8. The molecule has 0 unspecified atom stereocenters. The van der Waals surface area contributed by atoms with Gasteiger partial charge in [-0.25, -0.2) is 12.8 Å². The molecule has 0 aliphatic rings. The van der Waals surface area contributed by atoms with Crippen molar-refractivity contribution in [2.45, 2.75) is 50.8 Å². The Balaban J connectivity index is 0.00000625. The van der Waals surface area contributed by atoms with Gasteiger partial charge in [-0.15, -0.1) is 12.4 Å². The van der Waals surface area contributed by atoms with Crippen LogP contribution in [0.5, 0.6) is 0 Å². The van der Waals surface area contributed by atoms with E-state index in [0.717, 1.165) is 6.07 Å². The standard InChI is InChI=1S/C17H25FN2O4S.ClH/c1-3-6-14(7-4-2)25(23,24)11-15(16(19)21)20-17(22)12-8-5-9-13(18)10-12;/h5,8-10,14-15H,3-4,6-7,11H2,1-2H3,(H2,19,21)(H,20,22);1H/t15-;/m1./s1. The normalized spacial score (nSPS) is 12.3. The lowest BCUT2D eigenvalue weighted by molar-refractivity contribution is -0.119. The Morgan fingerprint density at radius 1 is 1.19 bits per heavy atom. The van der Waals surface area contributed by atoms with E-state index in [9.17, 15) is 22.4 Å². The van der Waals surface area contributed by atoms with Gasteiger partial charge in [-0.05, 0) is 31.0 Å². The predicted molar refractivity (Wildman–Crippen MR) is 101 cm³/mol. The molecule has 3 N–H and O–H groups in total. The van der Waals surface area contributed by atoms with Crippen molar-refractivity contribution >= 4 is 34.1 Å². The van der Waals surface area contributed by atoms with Gasteiger partial charge in [0.1, 0.15) is 11.9 Å². The van der Waals surface area contributed by atoms with Gasteiger partial charge in [-0.3, -0.25) is 9.59 Å². The summed E-state index contributed by atoms with van der Waals surface area (Å²) < 4.78 is 38.4. The molecule has 1 rings (SSSR count). The molecule has 1 atom stereocenters. The largest absolute Gasteiger partial charge is 0.368 e. The van der Waals surface area contributed by atoms with Gasteiger partial charge in [0.25, 0.3) is 5.91 Å². The summed E-state index contributed by atoms with van der Waals surface area (Å²) in [6.07, 6.45) is 2.36. The van der Waals surface area contributed by atoms with Crippen molar-refractivity contribution in [3.63, 3.8) is 0 Å². The molecule has 0 aliphatic heterocycles.